The fourth-order valence-electron chi connectivity index (χ4n) is 1.63. The molecule has 1 heterocycles. The van der Waals surface area contributed by atoms with Crippen molar-refractivity contribution in [3.05, 3.63) is 0 Å². The standard InChI is InChI=1S/C10H21NO2/c1-9(2)13-8-5-10(12)3-6-11-7-4-10/h9,11-12H,3-8H2,1-2H3. The minimum absolute atomic E-state index is 0.269. The van der Waals surface area contributed by atoms with Gasteiger partial charge in [-0.2, -0.15) is 0 Å². The van der Waals surface area contributed by atoms with E-state index in [-0.39, 0.29) is 6.10 Å². The summed E-state index contributed by atoms with van der Waals surface area (Å²) in [4.78, 5) is 0. The minimum Gasteiger partial charge on any atom is -0.390 e. The van der Waals surface area contributed by atoms with Gasteiger partial charge in [-0.1, -0.05) is 0 Å². The molecule has 13 heavy (non-hydrogen) atoms. The van der Waals surface area contributed by atoms with Crippen LogP contribution in [0.3, 0.4) is 0 Å². The van der Waals surface area contributed by atoms with Crippen LogP contribution in [0.4, 0.5) is 0 Å². The van der Waals surface area contributed by atoms with Crippen LogP contribution < -0.4 is 5.32 Å². The number of hydrogen-bond donors (Lipinski definition) is 2. The molecule has 1 aliphatic rings. The maximum atomic E-state index is 10.1. The molecule has 0 aromatic rings. The molecule has 2 N–H and O–H groups in total. The van der Waals surface area contributed by atoms with E-state index in [0.717, 1.165) is 32.4 Å². The molecule has 78 valence electrons. The number of hydrogen-bond acceptors (Lipinski definition) is 3. The van der Waals surface area contributed by atoms with E-state index in [1.807, 2.05) is 13.8 Å². The third-order valence-electron chi connectivity index (χ3n) is 2.55. The van der Waals surface area contributed by atoms with Crippen molar-refractivity contribution in [1.82, 2.24) is 5.32 Å². The fraction of sp³-hybridized carbons (Fsp3) is 1.00. The summed E-state index contributed by atoms with van der Waals surface area (Å²) in [6.07, 6.45) is 2.75. The van der Waals surface area contributed by atoms with E-state index in [4.69, 9.17) is 4.74 Å². The Hall–Kier alpha value is -0.120. The molecule has 1 saturated heterocycles. The van der Waals surface area contributed by atoms with E-state index >= 15 is 0 Å². The van der Waals surface area contributed by atoms with Crippen molar-refractivity contribution < 1.29 is 9.84 Å². The molecule has 0 saturated carbocycles. The average Bonchev–Trinajstić information content (AvgIpc) is 2.04. The Kier molecular flexibility index (Phi) is 4.16. The molecule has 1 aliphatic heterocycles. The van der Waals surface area contributed by atoms with Gasteiger partial charge in [0.25, 0.3) is 0 Å². The third-order valence-corrected chi connectivity index (χ3v) is 2.55. The van der Waals surface area contributed by atoms with Crippen molar-refractivity contribution in [3.8, 4) is 0 Å². The predicted molar refractivity (Wildman–Crippen MR) is 52.8 cm³/mol. The van der Waals surface area contributed by atoms with Gasteiger partial charge in [-0.05, 0) is 46.2 Å². The van der Waals surface area contributed by atoms with Gasteiger partial charge >= 0.3 is 0 Å². The summed E-state index contributed by atoms with van der Waals surface area (Å²) in [5, 5.41) is 13.3. The van der Waals surface area contributed by atoms with Gasteiger partial charge in [0.1, 0.15) is 0 Å². The molecule has 1 fully saturated rings. The quantitative estimate of drug-likeness (QED) is 0.687. The zero-order valence-corrected chi connectivity index (χ0v) is 8.68. The number of aliphatic hydroxyl groups is 1. The topological polar surface area (TPSA) is 41.5 Å². The Balaban J connectivity index is 2.17. The second-order valence-electron chi connectivity index (χ2n) is 4.14. The van der Waals surface area contributed by atoms with Gasteiger partial charge in [0.15, 0.2) is 0 Å². The monoisotopic (exact) mass is 187 g/mol. The van der Waals surface area contributed by atoms with Gasteiger partial charge in [0.2, 0.25) is 0 Å². The smallest absolute Gasteiger partial charge is 0.0693 e. The Morgan fingerprint density at radius 3 is 2.54 bits per heavy atom. The molecular weight excluding hydrogens is 166 g/mol. The predicted octanol–water partition coefficient (Wildman–Crippen LogP) is 0.916. The van der Waals surface area contributed by atoms with Crippen LogP contribution in [0, 0.1) is 0 Å². The number of rotatable bonds is 4. The Morgan fingerprint density at radius 1 is 1.38 bits per heavy atom. The molecule has 0 radical (unpaired) electrons. The van der Waals surface area contributed by atoms with Gasteiger partial charge in [0, 0.05) is 6.61 Å². The first-order valence-electron chi connectivity index (χ1n) is 5.17. The Labute approximate surface area is 80.5 Å². The number of piperidine rings is 1. The van der Waals surface area contributed by atoms with Crippen LogP contribution in [0.5, 0.6) is 0 Å². The molecule has 0 atom stereocenters. The van der Waals surface area contributed by atoms with E-state index in [1.165, 1.54) is 0 Å². The van der Waals surface area contributed by atoms with E-state index in [9.17, 15) is 5.11 Å². The summed E-state index contributed by atoms with van der Waals surface area (Å²) in [5.41, 5.74) is -0.472. The highest BCUT2D eigenvalue weighted by molar-refractivity contribution is 4.83. The summed E-state index contributed by atoms with van der Waals surface area (Å²) in [6.45, 7) is 6.57. The molecule has 3 nitrogen and oxygen atoms in total. The Bertz CT molecular complexity index is 142. The SMILES string of the molecule is CC(C)OCCC1(O)CCNCC1. The highest BCUT2D eigenvalue weighted by atomic mass is 16.5. The first-order valence-corrected chi connectivity index (χ1v) is 5.17. The highest BCUT2D eigenvalue weighted by Crippen LogP contribution is 2.21. The normalized spacial score (nSPS) is 22.2. The maximum absolute atomic E-state index is 10.1. The molecule has 0 bridgehead atoms. The van der Waals surface area contributed by atoms with Crippen LogP contribution in [0.1, 0.15) is 33.1 Å². The zero-order valence-electron chi connectivity index (χ0n) is 8.68. The zero-order chi connectivity index (χ0) is 9.73. The Morgan fingerprint density at radius 2 is 2.00 bits per heavy atom. The number of ether oxygens (including phenoxy) is 1. The van der Waals surface area contributed by atoms with Crippen LogP contribution in [-0.4, -0.2) is 36.5 Å². The molecule has 0 unspecified atom stereocenters. The lowest BCUT2D eigenvalue weighted by Crippen LogP contribution is -2.42. The fourth-order valence-corrected chi connectivity index (χ4v) is 1.63. The van der Waals surface area contributed by atoms with E-state index in [1.54, 1.807) is 0 Å². The minimum atomic E-state index is -0.472. The van der Waals surface area contributed by atoms with Gasteiger partial charge < -0.3 is 15.2 Å². The van der Waals surface area contributed by atoms with Crippen LogP contribution in [0.25, 0.3) is 0 Å². The molecule has 3 heteroatoms. The summed E-state index contributed by atoms with van der Waals surface area (Å²) in [6, 6.07) is 0. The van der Waals surface area contributed by atoms with Crippen LogP contribution >= 0.6 is 0 Å². The van der Waals surface area contributed by atoms with Gasteiger partial charge in [-0.15, -0.1) is 0 Å². The van der Waals surface area contributed by atoms with Gasteiger partial charge in [-0.3, -0.25) is 0 Å². The van der Waals surface area contributed by atoms with Crippen LogP contribution in [-0.2, 0) is 4.74 Å². The first kappa shape index (κ1) is 11.0. The van der Waals surface area contributed by atoms with Crippen molar-refractivity contribution in [2.45, 2.75) is 44.8 Å². The summed E-state index contributed by atoms with van der Waals surface area (Å²) in [5.74, 6) is 0. The van der Waals surface area contributed by atoms with Gasteiger partial charge in [-0.25, -0.2) is 0 Å². The second-order valence-corrected chi connectivity index (χ2v) is 4.14. The molecular formula is C10H21NO2. The summed E-state index contributed by atoms with van der Waals surface area (Å²) < 4.78 is 5.43. The molecule has 0 aromatic carbocycles. The van der Waals surface area contributed by atoms with E-state index in [0.29, 0.717) is 6.61 Å². The lowest BCUT2D eigenvalue weighted by Gasteiger charge is -2.32. The lowest BCUT2D eigenvalue weighted by molar-refractivity contribution is -0.0317. The van der Waals surface area contributed by atoms with Crippen LogP contribution in [0.15, 0.2) is 0 Å². The lowest BCUT2D eigenvalue weighted by atomic mass is 9.89. The molecule has 1 rings (SSSR count). The average molecular weight is 187 g/mol. The second kappa shape index (κ2) is 4.94. The summed E-state index contributed by atoms with van der Waals surface area (Å²) in [7, 11) is 0. The van der Waals surface area contributed by atoms with Crippen molar-refractivity contribution in [2.24, 2.45) is 0 Å². The highest BCUT2D eigenvalue weighted by Gasteiger charge is 2.28. The third kappa shape index (κ3) is 4.07. The van der Waals surface area contributed by atoms with Gasteiger partial charge in [0.05, 0.1) is 11.7 Å². The van der Waals surface area contributed by atoms with E-state index < -0.39 is 5.60 Å². The maximum Gasteiger partial charge on any atom is 0.0693 e. The van der Waals surface area contributed by atoms with E-state index in [2.05, 4.69) is 5.32 Å². The number of nitrogens with one attached hydrogen (secondary N) is 1. The van der Waals surface area contributed by atoms with Crippen molar-refractivity contribution in [3.63, 3.8) is 0 Å². The first-order chi connectivity index (χ1) is 6.12. The van der Waals surface area contributed by atoms with Crippen molar-refractivity contribution in [2.75, 3.05) is 19.7 Å². The molecule has 0 spiro atoms. The summed E-state index contributed by atoms with van der Waals surface area (Å²) >= 11 is 0. The molecule has 0 aliphatic carbocycles. The molecule has 0 amide bonds. The van der Waals surface area contributed by atoms with Crippen molar-refractivity contribution >= 4 is 0 Å². The molecule has 0 aromatic heterocycles. The largest absolute Gasteiger partial charge is 0.390 e. The van der Waals surface area contributed by atoms with Crippen LogP contribution in [0.2, 0.25) is 0 Å². The van der Waals surface area contributed by atoms with Crippen molar-refractivity contribution in [1.29, 1.82) is 0 Å².